The number of rotatable bonds is 8. The largest absolute Gasteiger partial charge is 0.365 e. The van der Waals surface area contributed by atoms with Gasteiger partial charge in [-0.25, -0.2) is 0 Å². The molecule has 0 saturated carbocycles. The zero-order valence-corrected chi connectivity index (χ0v) is 25.8. The van der Waals surface area contributed by atoms with E-state index in [2.05, 4.69) is 27.2 Å². The first kappa shape index (κ1) is 29.6. The van der Waals surface area contributed by atoms with Gasteiger partial charge >= 0.3 is 0 Å². The molecule has 1 aliphatic heterocycles. The number of hydrogen-bond acceptors (Lipinski definition) is 6. The van der Waals surface area contributed by atoms with Crippen LogP contribution in [0.2, 0.25) is 4.34 Å². The minimum atomic E-state index is -0.292. The molecule has 0 atom stereocenters. The number of nitrogens with zero attached hydrogens (tertiary/aromatic N) is 4. The number of carbonyl (C=O) groups is 1. The van der Waals surface area contributed by atoms with Gasteiger partial charge < -0.3 is 10.2 Å². The lowest BCUT2D eigenvalue weighted by atomic mass is 10.1. The molecule has 5 aromatic rings. The van der Waals surface area contributed by atoms with E-state index in [0.717, 1.165) is 30.1 Å². The molecule has 0 amide bonds. The Morgan fingerprint density at radius 3 is 2.36 bits per heavy atom. The number of aromatic nitrogens is 3. The van der Waals surface area contributed by atoms with Crippen LogP contribution in [-0.4, -0.2) is 44.8 Å². The lowest BCUT2D eigenvalue weighted by Gasteiger charge is -2.26. The van der Waals surface area contributed by atoms with Crippen LogP contribution in [0.1, 0.15) is 45.8 Å². The third-order valence-electron chi connectivity index (χ3n) is 7.64. The van der Waals surface area contributed by atoms with E-state index in [-0.39, 0.29) is 11.5 Å². The molecule has 0 unspecified atom stereocenters. The number of thiophene rings is 1. The fraction of sp³-hybridized carbons (Fsp3) is 0.229. The first-order chi connectivity index (χ1) is 21.5. The topological polar surface area (TPSA) is 72.2 Å². The van der Waals surface area contributed by atoms with E-state index in [0.29, 0.717) is 45.8 Å². The predicted molar refractivity (Wildman–Crippen MR) is 177 cm³/mol. The lowest BCUT2D eigenvalue weighted by Crippen LogP contribution is -2.35. The predicted octanol–water partition coefficient (Wildman–Crippen LogP) is 6.61. The molecular formula is C35H32ClN5O2S. The second-order valence-corrected chi connectivity index (χ2v) is 12.5. The Balaban J connectivity index is 1.38. The summed E-state index contributed by atoms with van der Waals surface area (Å²) in [7, 11) is 0. The fourth-order valence-corrected chi connectivity index (χ4v) is 6.33. The van der Waals surface area contributed by atoms with Crippen LogP contribution < -0.4 is 10.9 Å². The van der Waals surface area contributed by atoms with Gasteiger partial charge in [0.1, 0.15) is 11.5 Å². The van der Waals surface area contributed by atoms with Crippen LogP contribution >= 0.6 is 22.9 Å². The molecule has 0 aliphatic carbocycles. The lowest BCUT2D eigenvalue weighted by molar-refractivity contribution is 0.0948. The third kappa shape index (κ3) is 7.03. The minimum Gasteiger partial charge on any atom is -0.365 e. The van der Waals surface area contributed by atoms with Crippen molar-refractivity contribution in [3.63, 3.8) is 0 Å². The van der Waals surface area contributed by atoms with E-state index >= 15 is 0 Å². The van der Waals surface area contributed by atoms with Gasteiger partial charge in [0.15, 0.2) is 0 Å². The molecular weight excluding hydrogens is 590 g/mol. The summed E-state index contributed by atoms with van der Waals surface area (Å²) in [4.78, 5) is 31.1. The van der Waals surface area contributed by atoms with Crippen LogP contribution in [0.4, 0.5) is 5.82 Å². The Labute approximate surface area is 265 Å². The highest BCUT2D eigenvalue weighted by molar-refractivity contribution is 7.16. The van der Waals surface area contributed by atoms with Gasteiger partial charge in [-0.3, -0.25) is 14.2 Å². The summed E-state index contributed by atoms with van der Waals surface area (Å²) < 4.78 is 3.77. The van der Waals surface area contributed by atoms with Crippen molar-refractivity contribution in [2.75, 3.05) is 25.0 Å². The second kappa shape index (κ2) is 13.9. The normalized spacial score (nSPS) is 13.3. The van der Waals surface area contributed by atoms with Crippen molar-refractivity contribution < 1.29 is 4.79 Å². The van der Waals surface area contributed by atoms with Gasteiger partial charge in [-0.2, -0.15) is 9.78 Å². The summed E-state index contributed by atoms with van der Waals surface area (Å²) in [5, 5.41) is 8.00. The van der Waals surface area contributed by atoms with E-state index < -0.39 is 0 Å². The third-order valence-corrected chi connectivity index (χ3v) is 8.87. The van der Waals surface area contributed by atoms with E-state index in [1.54, 1.807) is 28.8 Å². The SMILES string of the molecule is O=C(c1ccccc1)n1nc(-c2ccc(C#Cc3ccccc3)n(CCN3CCCCC3)c2=O)cc1NCc1ccc(Cl)s1. The molecule has 0 spiro atoms. The molecule has 1 saturated heterocycles. The van der Waals surface area contributed by atoms with Crippen LogP contribution in [0.15, 0.2) is 95.8 Å². The highest BCUT2D eigenvalue weighted by Gasteiger charge is 2.20. The van der Waals surface area contributed by atoms with E-state index in [9.17, 15) is 9.59 Å². The maximum absolute atomic E-state index is 14.1. The Morgan fingerprint density at radius 1 is 0.886 bits per heavy atom. The van der Waals surface area contributed by atoms with Crippen molar-refractivity contribution in [1.29, 1.82) is 0 Å². The number of nitrogens with one attached hydrogen (secondary N) is 1. The molecule has 7 nitrogen and oxygen atoms in total. The van der Waals surface area contributed by atoms with Gasteiger partial charge in [0.2, 0.25) is 0 Å². The molecule has 2 aromatic carbocycles. The van der Waals surface area contributed by atoms with Crippen molar-refractivity contribution >= 4 is 34.7 Å². The summed E-state index contributed by atoms with van der Waals surface area (Å²) in [6.07, 6.45) is 3.60. The zero-order chi connectivity index (χ0) is 30.3. The number of piperidine rings is 1. The van der Waals surface area contributed by atoms with Crippen molar-refractivity contribution in [3.8, 4) is 23.1 Å². The molecule has 1 fully saturated rings. The molecule has 0 bridgehead atoms. The fourth-order valence-electron chi connectivity index (χ4n) is 5.31. The van der Waals surface area contributed by atoms with Gasteiger partial charge in [-0.1, -0.05) is 60.3 Å². The average molecular weight is 622 g/mol. The van der Waals surface area contributed by atoms with Gasteiger partial charge in [0.05, 0.1) is 22.1 Å². The molecule has 1 aliphatic rings. The van der Waals surface area contributed by atoms with E-state index in [4.69, 9.17) is 11.6 Å². The first-order valence-electron chi connectivity index (χ1n) is 14.8. The number of halogens is 1. The Bertz CT molecular complexity index is 1860. The van der Waals surface area contributed by atoms with E-state index in [1.807, 2.05) is 66.7 Å². The molecule has 1 N–H and O–H groups in total. The van der Waals surface area contributed by atoms with E-state index in [1.165, 1.54) is 35.3 Å². The zero-order valence-electron chi connectivity index (χ0n) is 24.2. The summed E-state index contributed by atoms with van der Waals surface area (Å²) in [6.45, 7) is 3.81. The summed E-state index contributed by atoms with van der Waals surface area (Å²) in [6, 6.07) is 27.9. The summed E-state index contributed by atoms with van der Waals surface area (Å²) >= 11 is 7.60. The number of benzene rings is 2. The number of carbonyl (C=O) groups excluding carboxylic acids is 1. The molecule has 4 heterocycles. The van der Waals surface area contributed by atoms with Crippen LogP contribution in [0.5, 0.6) is 0 Å². The first-order valence-corrected chi connectivity index (χ1v) is 16.0. The standard InChI is InChI=1S/C35H32ClN5O2S/c36-32-19-17-29(44-32)25-37-33-24-31(38-41(33)34(42)27-12-6-2-7-13-27)30-18-16-28(15-14-26-10-4-1-5-11-26)40(35(30)43)23-22-39-20-8-3-9-21-39/h1-2,4-7,10-13,16-19,24,37H,3,8-9,20-23,25H2. The van der Waals surface area contributed by atoms with Gasteiger partial charge in [0, 0.05) is 35.2 Å². The number of anilines is 1. The highest BCUT2D eigenvalue weighted by atomic mass is 35.5. The highest BCUT2D eigenvalue weighted by Crippen LogP contribution is 2.25. The smallest absolute Gasteiger partial charge is 0.280 e. The Hall–Kier alpha value is -4.42. The van der Waals surface area contributed by atoms with Gasteiger partial charge in [-0.05, 0) is 80.4 Å². The second-order valence-electron chi connectivity index (χ2n) is 10.7. The quantitative estimate of drug-likeness (QED) is 0.197. The van der Waals surface area contributed by atoms with Crippen LogP contribution in [-0.2, 0) is 13.1 Å². The molecule has 44 heavy (non-hydrogen) atoms. The number of hydrogen-bond donors (Lipinski definition) is 1. The minimum absolute atomic E-state index is 0.185. The molecule has 0 radical (unpaired) electrons. The molecule has 6 rings (SSSR count). The van der Waals surface area contributed by atoms with Crippen molar-refractivity contribution in [2.24, 2.45) is 0 Å². The Kier molecular flexibility index (Phi) is 9.37. The monoisotopic (exact) mass is 621 g/mol. The van der Waals surface area contributed by atoms with Gasteiger partial charge in [0.25, 0.3) is 11.5 Å². The van der Waals surface area contributed by atoms with Crippen molar-refractivity contribution in [1.82, 2.24) is 19.2 Å². The molecule has 3 aromatic heterocycles. The summed E-state index contributed by atoms with van der Waals surface area (Å²) in [5.41, 5.74) is 2.67. The van der Waals surface area contributed by atoms with Crippen molar-refractivity contribution in [3.05, 3.63) is 127 Å². The number of pyridine rings is 1. The molecule has 222 valence electrons. The number of likely N-dealkylation sites (tertiary alicyclic amines) is 1. The van der Waals surface area contributed by atoms with Crippen LogP contribution in [0.3, 0.4) is 0 Å². The summed E-state index contributed by atoms with van der Waals surface area (Å²) in [5.74, 6) is 6.63. The molecule has 9 heteroatoms. The Morgan fingerprint density at radius 2 is 1.64 bits per heavy atom. The maximum atomic E-state index is 14.1. The van der Waals surface area contributed by atoms with Gasteiger partial charge in [-0.15, -0.1) is 11.3 Å². The maximum Gasteiger partial charge on any atom is 0.280 e. The van der Waals surface area contributed by atoms with Crippen molar-refractivity contribution in [2.45, 2.75) is 32.4 Å². The van der Waals surface area contributed by atoms with Crippen LogP contribution in [0.25, 0.3) is 11.3 Å². The van der Waals surface area contributed by atoms with Crippen LogP contribution in [0, 0.1) is 11.8 Å². The average Bonchev–Trinajstić information content (AvgIpc) is 3.69.